The SMILES string of the molecule is CN(CC(=O)NC[C@@H]1CCCO1)S(C)(=O)=O. The second kappa shape index (κ2) is 5.60. The average Bonchev–Trinajstić information content (AvgIpc) is 2.65. The van der Waals surface area contributed by atoms with Crippen LogP contribution in [0, 0.1) is 0 Å². The van der Waals surface area contributed by atoms with Gasteiger partial charge in [0.1, 0.15) is 0 Å². The van der Waals surface area contributed by atoms with Gasteiger partial charge in [0.15, 0.2) is 0 Å². The van der Waals surface area contributed by atoms with Crippen LogP contribution in [0.15, 0.2) is 0 Å². The number of carbonyl (C=O) groups is 1. The van der Waals surface area contributed by atoms with E-state index in [0.29, 0.717) is 6.54 Å². The number of carbonyl (C=O) groups excluding carboxylic acids is 1. The first kappa shape index (κ1) is 13.4. The largest absolute Gasteiger partial charge is 0.376 e. The highest BCUT2D eigenvalue weighted by molar-refractivity contribution is 7.88. The van der Waals surface area contributed by atoms with Crippen molar-refractivity contribution < 1.29 is 17.9 Å². The van der Waals surface area contributed by atoms with Gasteiger partial charge in [-0.2, -0.15) is 4.31 Å². The topological polar surface area (TPSA) is 75.7 Å². The molecule has 1 fully saturated rings. The molecule has 0 unspecified atom stereocenters. The average molecular weight is 250 g/mol. The number of ether oxygens (including phenoxy) is 1. The van der Waals surface area contributed by atoms with Gasteiger partial charge in [0.2, 0.25) is 15.9 Å². The molecule has 0 bridgehead atoms. The van der Waals surface area contributed by atoms with Crippen molar-refractivity contribution >= 4 is 15.9 Å². The van der Waals surface area contributed by atoms with Crippen molar-refractivity contribution in [2.75, 3.05) is 33.0 Å². The van der Waals surface area contributed by atoms with E-state index in [1.807, 2.05) is 0 Å². The van der Waals surface area contributed by atoms with E-state index in [2.05, 4.69) is 5.32 Å². The Morgan fingerprint density at radius 1 is 1.56 bits per heavy atom. The summed E-state index contributed by atoms with van der Waals surface area (Å²) in [5.41, 5.74) is 0. The fraction of sp³-hybridized carbons (Fsp3) is 0.889. The highest BCUT2D eigenvalue weighted by Gasteiger charge is 2.18. The molecule has 16 heavy (non-hydrogen) atoms. The highest BCUT2D eigenvalue weighted by atomic mass is 32.2. The molecule has 1 atom stereocenters. The van der Waals surface area contributed by atoms with Crippen LogP contribution in [0.3, 0.4) is 0 Å². The van der Waals surface area contributed by atoms with Gasteiger partial charge >= 0.3 is 0 Å². The van der Waals surface area contributed by atoms with Crippen LogP contribution >= 0.6 is 0 Å². The van der Waals surface area contributed by atoms with E-state index in [0.717, 1.165) is 30.0 Å². The van der Waals surface area contributed by atoms with Crippen molar-refractivity contribution in [3.05, 3.63) is 0 Å². The zero-order valence-electron chi connectivity index (χ0n) is 9.60. The maximum Gasteiger partial charge on any atom is 0.235 e. The van der Waals surface area contributed by atoms with Crippen LogP contribution in [0.5, 0.6) is 0 Å². The molecule has 0 aliphatic carbocycles. The normalized spacial score (nSPS) is 21.3. The summed E-state index contributed by atoms with van der Waals surface area (Å²) in [6.07, 6.45) is 3.11. The Labute approximate surface area is 96.0 Å². The first-order valence-electron chi connectivity index (χ1n) is 5.19. The fourth-order valence-corrected chi connectivity index (χ4v) is 1.76. The number of amides is 1. The van der Waals surface area contributed by atoms with Crippen molar-refractivity contribution in [1.82, 2.24) is 9.62 Å². The van der Waals surface area contributed by atoms with Crippen LogP contribution in [0.25, 0.3) is 0 Å². The minimum absolute atomic E-state index is 0.0764. The van der Waals surface area contributed by atoms with E-state index >= 15 is 0 Å². The zero-order valence-corrected chi connectivity index (χ0v) is 10.4. The zero-order chi connectivity index (χ0) is 12.2. The van der Waals surface area contributed by atoms with E-state index in [1.54, 1.807) is 0 Å². The van der Waals surface area contributed by atoms with Crippen LogP contribution in [0.1, 0.15) is 12.8 Å². The van der Waals surface area contributed by atoms with Crippen molar-refractivity contribution in [1.29, 1.82) is 0 Å². The molecule has 1 rings (SSSR count). The predicted octanol–water partition coefficient (Wildman–Crippen LogP) is -0.827. The second-order valence-corrected chi connectivity index (χ2v) is 6.05. The Bertz CT molecular complexity index is 335. The van der Waals surface area contributed by atoms with Crippen LogP contribution in [0.4, 0.5) is 0 Å². The molecule has 0 saturated carbocycles. The Morgan fingerprint density at radius 3 is 2.75 bits per heavy atom. The van der Waals surface area contributed by atoms with Crippen LogP contribution < -0.4 is 5.32 Å². The highest BCUT2D eigenvalue weighted by Crippen LogP contribution is 2.10. The summed E-state index contributed by atoms with van der Waals surface area (Å²) < 4.78 is 28.4. The van der Waals surface area contributed by atoms with Crippen LogP contribution in [-0.4, -0.2) is 57.7 Å². The molecule has 94 valence electrons. The first-order valence-corrected chi connectivity index (χ1v) is 7.04. The number of rotatable bonds is 5. The Kier molecular flexibility index (Phi) is 4.69. The maximum absolute atomic E-state index is 11.4. The van der Waals surface area contributed by atoms with E-state index in [-0.39, 0.29) is 18.6 Å². The molecule has 0 aromatic carbocycles. The fourth-order valence-electron chi connectivity index (χ4n) is 1.41. The summed E-state index contributed by atoms with van der Waals surface area (Å²) >= 11 is 0. The standard InChI is InChI=1S/C9H18N2O4S/c1-11(16(2,13)14)7-9(12)10-6-8-4-3-5-15-8/h8H,3-7H2,1-2H3,(H,10,12)/t8-/m0/s1. The minimum atomic E-state index is -3.29. The molecule has 0 radical (unpaired) electrons. The Morgan fingerprint density at radius 2 is 2.25 bits per heavy atom. The van der Waals surface area contributed by atoms with Gasteiger partial charge in [0.25, 0.3) is 0 Å². The molecule has 1 saturated heterocycles. The summed E-state index contributed by atoms with van der Waals surface area (Å²) in [6, 6.07) is 0. The number of hydrogen-bond acceptors (Lipinski definition) is 4. The summed E-state index contributed by atoms with van der Waals surface area (Å²) in [7, 11) is -1.92. The van der Waals surface area contributed by atoms with Gasteiger partial charge in [-0.3, -0.25) is 4.79 Å². The van der Waals surface area contributed by atoms with Crippen LogP contribution in [0.2, 0.25) is 0 Å². The molecule has 1 aliphatic heterocycles. The summed E-state index contributed by atoms with van der Waals surface area (Å²) in [4.78, 5) is 11.4. The Hall–Kier alpha value is -0.660. The Balaban J connectivity index is 2.25. The predicted molar refractivity (Wildman–Crippen MR) is 59.5 cm³/mol. The molecule has 1 amide bonds. The molecular formula is C9H18N2O4S. The van der Waals surface area contributed by atoms with Crippen LogP contribution in [-0.2, 0) is 19.6 Å². The lowest BCUT2D eigenvalue weighted by Crippen LogP contribution is -2.40. The van der Waals surface area contributed by atoms with E-state index in [9.17, 15) is 13.2 Å². The summed E-state index contributed by atoms with van der Waals surface area (Å²) in [5, 5.41) is 2.66. The van der Waals surface area contributed by atoms with E-state index in [4.69, 9.17) is 4.74 Å². The van der Waals surface area contributed by atoms with E-state index < -0.39 is 10.0 Å². The van der Waals surface area contributed by atoms with Gasteiger partial charge in [-0.15, -0.1) is 0 Å². The monoisotopic (exact) mass is 250 g/mol. The van der Waals surface area contributed by atoms with Gasteiger partial charge in [0, 0.05) is 20.2 Å². The van der Waals surface area contributed by atoms with Gasteiger partial charge < -0.3 is 10.1 Å². The van der Waals surface area contributed by atoms with Crippen molar-refractivity contribution in [2.24, 2.45) is 0 Å². The van der Waals surface area contributed by atoms with E-state index in [1.165, 1.54) is 7.05 Å². The molecule has 0 aromatic heterocycles. The van der Waals surface area contributed by atoms with Gasteiger partial charge in [-0.1, -0.05) is 0 Å². The molecule has 0 spiro atoms. The summed E-state index contributed by atoms with van der Waals surface area (Å²) in [5.74, 6) is -0.302. The lowest BCUT2D eigenvalue weighted by atomic mass is 10.2. The van der Waals surface area contributed by atoms with Gasteiger partial charge in [0.05, 0.1) is 18.9 Å². The maximum atomic E-state index is 11.4. The lowest BCUT2D eigenvalue weighted by molar-refractivity contribution is -0.121. The molecule has 6 nitrogen and oxygen atoms in total. The minimum Gasteiger partial charge on any atom is -0.376 e. The van der Waals surface area contributed by atoms with Crippen molar-refractivity contribution in [3.8, 4) is 0 Å². The first-order chi connectivity index (χ1) is 7.39. The number of sulfonamides is 1. The number of hydrogen-bond donors (Lipinski definition) is 1. The molecule has 1 N–H and O–H groups in total. The smallest absolute Gasteiger partial charge is 0.235 e. The third-order valence-corrected chi connectivity index (χ3v) is 3.74. The third kappa shape index (κ3) is 4.46. The molecule has 1 heterocycles. The quantitative estimate of drug-likeness (QED) is 0.691. The number of nitrogens with zero attached hydrogens (tertiary/aromatic N) is 1. The van der Waals surface area contributed by atoms with Gasteiger partial charge in [-0.25, -0.2) is 8.42 Å². The van der Waals surface area contributed by atoms with Gasteiger partial charge in [-0.05, 0) is 12.8 Å². The number of likely N-dealkylation sites (N-methyl/N-ethyl adjacent to an activating group) is 1. The number of nitrogens with one attached hydrogen (secondary N) is 1. The molecule has 7 heteroatoms. The van der Waals surface area contributed by atoms with Crippen molar-refractivity contribution in [3.63, 3.8) is 0 Å². The lowest BCUT2D eigenvalue weighted by Gasteiger charge is -2.15. The van der Waals surface area contributed by atoms with Crippen molar-refractivity contribution in [2.45, 2.75) is 18.9 Å². The second-order valence-electron chi connectivity index (χ2n) is 3.96. The molecule has 0 aromatic rings. The molecular weight excluding hydrogens is 232 g/mol. The third-order valence-electron chi connectivity index (χ3n) is 2.48. The molecule has 1 aliphatic rings. The summed E-state index contributed by atoms with van der Waals surface area (Å²) in [6.45, 7) is 1.05.